The van der Waals surface area contributed by atoms with E-state index in [1.807, 2.05) is 0 Å². The van der Waals surface area contributed by atoms with Crippen LogP contribution in [0.25, 0.3) is 0 Å². The highest BCUT2D eigenvalue weighted by molar-refractivity contribution is 5.88. The van der Waals surface area contributed by atoms with Crippen LogP contribution in [-0.4, -0.2) is 26.2 Å². The molecule has 0 radical (unpaired) electrons. The molecule has 5 nitrogen and oxygen atoms in total. The Bertz CT molecular complexity index is 360. The van der Waals surface area contributed by atoms with E-state index in [1.54, 1.807) is 0 Å². The molecule has 1 heterocycles. The fourth-order valence-electron chi connectivity index (χ4n) is 1.08. The Morgan fingerprint density at radius 2 is 2.23 bits per heavy atom. The van der Waals surface area contributed by atoms with Crippen LogP contribution in [0.1, 0.15) is 35.1 Å². The normalized spacial score (nSPS) is 15.7. The molecule has 2 N–H and O–H groups in total. The summed E-state index contributed by atoms with van der Waals surface area (Å²) in [4.78, 5) is 18.2. The number of aromatic hydroxyl groups is 1. The third-order valence-corrected chi connectivity index (χ3v) is 1.93. The SMILES string of the molecule is O=C(O)c1nc(C2CC2)ncc1O. The molecule has 0 aliphatic heterocycles. The molecule has 1 aromatic heterocycles. The summed E-state index contributed by atoms with van der Waals surface area (Å²) in [7, 11) is 0. The second-order valence-corrected chi connectivity index (χ2v) is 3.04. The minimum Gasteiger partial charge on any atom is -0.504 e. The maximum atomic E-state index is 10.6. The molecule has 5 heteroatoms. The predicted octanol–water partition coefficient (Wildman–Crippen LogP) is 0.758. The van der Waals surface area contributed by atoms with Crippen molar-refractivity contribution >= 4 is 5.97 Å². The van der Waals surface area contributed by atoms with Crippen LogP contribution in [0.3, 0.4) is 0 Å². The minimum absolute atomic E-state index is 0.290. The molecule has 0 spiro atoms. The molecule has 1 saturated carbocycles. The molecule has 0 amide bonds. The number of aromatic nitrogens is 2. The van der Waals surface area contributed by atoms with Crippen LogP contribution in [0.5, 0.6) is 5.75 Å². The van der Waals surface area contributed by atoms with E-state index in [1.165, 1.54) is 0 Å². The summed E-state index contributed by atoms with van der Waals surface area (Å²) >= 11 is 0. The molecule has 0 unspecified atom stereocenters. The van der Waals surface area contributed by atoms with Crippen LogP contribution in [0.2, 0.25) is 0 Å². The first-order chi connectivity index (χ1) is 6.18. The quantitative estimate of drug-likeness (QED) is 0.701. The number of hydrogen-bond donors (Lipinski definition) is 2. The van der Waals surface area contributed by atoms with Crippen LogP contribution in [-0.2, 0) is 0 Å². The van der Waals surface area contributed by atoms with Crippen molar-refractivity contribution in [3.63, 3.8) is 0 Å². The van der Waals surface area contributed by atoms with E-state index in [9.17, 15) is 4.79 Å². The van der Waals surface area contributed by atoms with Gasteiger partial charge in [0.1, 0.15) is 5.82 Å². The summed E-state index contributed by atoms with van der Waals surface area (Å²) in [5.41, 5.74) is -0.308. The number of rotatable bonds is 2. The fourth-order valence-corrected chi connectivity index (χ4v) is 1.08. The van der Waals surface area contributed by atoms with Gasteiger partial charge in [0.2, 0.25) is 0 Å². The molecule has 1 aliphatic rings. The topological polar surface area (TPSA) is 83.3 Å². The maximum Gasteiger partial charge on any atom is 0.358 e. The highest BCUT2D eigenvalue weighted by Crippen LogP contribution is 2.38. The van der Waals surface area contributed by atoms with Crippen LogP contribution in [0.15, 0.2) is 6.20 Å². The zero-order valence-corrected chi connectivity index (χ0v) is 6.77. The van der Waals surface area contributed by atoms with Crippen molar-refractivity contribution < 1.29 is 15.0 Å². The van der Waals surface area contributed by atoms with Gasteiger partial charge >= 0.3 is 5.97 Å². The van der Waals surface area contributed by atoms with Gasteiger partial charge in [0.15, 0.2) is 11.4 Å². The van der Waals surface area contributed by atoms with E-state index >= 15 is 0 Å². The highest BCUT2D eigenvalue weighted by Gasteiger charge is 2.28. The zero-order valence-electron chi connectivity index (χ0n) is 6.77. The molecular weight excluding hydrogens is 172 g/mol. The molecule has 0 aromatic carbocycles. The van der Waals surface area contributed by atoms with Gasteiger partial charge in [-0.1, -0.05) is 0 Å². The first-order valence-electron chi connectivity index (χ1n) is 3.97. The van der Waals surface area contributed by atoms with Gasteiger partial charge in [-0.3, -0.25) is 0 Å². The lowest BCUT2D eigenvalue weighted by Gasteiger charge is -2.00. The summed E-state index contributed by atoms with van der Waals surface area (Å²) in [5, 5.41) is 17.7. The summed E-state index contributed by atoms with van der Waals surface area (Å²) in [6.45, 7) is 0. The Hall–Kier alpha value is -1.65. The molecule has 1 aliphatic carbocycles. The molecule has 0 saturated heterocycles. The summed E-state index contributed by atoms with van der Waals surface area (Å²) in [6.07, 6.45) is 3.15. The van der Waals surface area contributed by atoms with E-state index in [2.05, 4.69) is 9.97 Å². The number of nitrogens with zero attached hydrogens (tertiary/aromatic N) is 2. The second-order valence-electron chi connectivity index (χ2n) is 3.04. The van der Waals surface area contributed by atoms with Crippen LogP contribution >= 0.6 is 0 Å². The van der Waals surface area contributed by atoms with Crippen molar-refractivity contribution in [3.05, 3.63) is 17.7 Å². The van der Waals surface area contributed by atoms with E-state index < -0.39 is 5.97 Å². The first kappa shape index (κ1) is 7.97. The van der Waals surface area contributed by atoms with Crippen molar-refractivity contribution in [2.45, 2.75) is 18.8 Å². The largest absolute Gasteiger partial charge is 0.504 e. The number of carbonyl (C=O) groups is 1. The van der Waals surface area contributed by atoms with E-state index in [4.69, 9.17) is 10.2 Å². The zero-order chi connectivity index (χ0) is 9.42. The summed E-state index contributed by atoms with van der Waals surface area (Å²) in [5.74, 6) is -0.785. The lowest BCUT2D eigenvalue weighted by Crippen LogP contribution is -2.04. The Balaban J connectivity index is 2.41. The molecule has 68 valence electrons. The third-order valence-electron chi connectivity index (χ3n) is 1.93. The van der Waals surface area contributed by atoms with E-state index in [0.717, 1.165) is 19.0 Å². The average Bonchev–Trinajstić information content (AvgIpc) is 2.87. The van der Waals surface area contributed by atoms with Crippen LogP contribution in [0, 0.1) is 0 Å². The standard InChI is InChI=1S/C8H8N2O3/c11-5-3-9-7(4-1-2-4)10-6(5)8(12)13/h3-4,11H,1-2H2,(H,12,13). The second kappa shape index (κ2) is 2.69. The van der Waals surface area contributed by atoms with Gasteiger partial charge in [0.25, 0.3) is 0 Å². The number of hydrogen-bond acceptors (Lipinski definition) is 4. The number of carboxylic acids is 1. The maximum absolute atomic E-state index is 10.6. The van der Waals surface area contributed by atoms with Gasteiger partial charge in [-0.25, -0.2) is 14.8 Å². The molecule has 1 aromatic rings. The summed E-state index contributed by atoms with van der Waals surface area (Å²) < 4.78 is 0. The van der Waals surface area contributed by atoms with Gasteiger partial charge in [-0.2, -0.15) is 0 Å². The Morgan fingerprint density at radius 1 is 1.54 bits per heavy atom. The lowest BCUT2D eigenvalue weighted by atomic mass is 10.3. The van der Waals surface area contributed by atoms with Crippen molar-refractivity contribution in [3.8, 4) is 5.75 Å². The minimum atomic E-state index is -1.22. The third kappa shape index (κ3) is 1.44. The fraction of sp³-hybridized carbons (Fsp3) is 0.375. The van der Waals surface area contributed by atoms with Crippen molar-refractivity contribution in [1.82, 2.24) is 9.97 Å². The van der Waals surface area contributed by atoms with Crippen molar-refractivity contribution in [2.75, 3.05) is 0 Å². The Morgan fingerprint density at radius 3 is 2.77 bits per heavy atom. The van der Waals surface area contributed by atoms with Gasteiger partial charge in [0, 0.05) is 5.92 Å². The van der Waals surface area contributed by atoms with E-state index in [-0.39, 0.29) is 11.4 Å². The van der Waals surface area contributed by atoms with Crippen LogP contribution in [0.4, 0.5) is 0 Å². The number of carboxylic acid groups (broad SMARTS) is 1. The first-order valence-corrected chi connectivity index (χ1v) is 3.97. The van der Waals surface area contributed by atoms with Gasteiger partial charge < -0.3 is 10.2 Å². The van der Waals surface area contributed by atoms with Crippen molar-refractivity contribution in [1.29, 1.82) is 0 Å². The molecule has 13 heavy (non-hydrogen) atoms. The molecule has 2 rings (SSSR count). The highest BCUT2D eigenvalue weighted by atomic mass is 16.4. The van der Waals surface area contributed by atoms with Gasteiger partial charge in [-0.05, 0) is 12.8 Å². The molecule has 0 atom stereocenters. The Kier molecular flexibility index (Phi) is 1.65. The molecule has 1 fully saturated rings. The van der Waals surface area contributed by atoms with Gasteiger partial charge in [-0.15, -0.1) is 0 Å². The average molecular weight is 180 g/mol. The van der Waals surface area contributed by atoms with Crippen LogP contribution < -0.4 is 0 Å². The molecular formula is C8H8N2O3. The lowest BCUT2D eigenvalue weighted by molar-refractivity contribution is 0.0686. The predicted molar refractivity (Wildman–Crippen MR) is 42.6 cm³/mol. The van der Waals surface area contributed by atoms with Crippen molar-refractivity contribution in [2.24, 2.45) is 0 Å². The van der Waals surface area contributed by atoms with Gasteiger partial charge in [0.05, 0.1) is 6.20 Å². The molecule has 0 bridgehead atoms. The number of aromatic carboxylic acids is 1. The summed E-state index contributed by atoms with van der Waals surface area (Å²) in [6, 6.07) is 0. The Labute approximate surface area is 74.1 Å². The monoisotopic (exact) mass is 180 g/mol. The van der Waals surface area contributed by atoms with E-state index in [0.29, 0.717) is 11.7 Å². The smallest absolute Gasteiger partial charge is 0.358 e.